The van der Waals surface area contributed by atoms with Crippen molar-refractivity contribution in [3.05, 3.63) is 55.7 Å². The van der Waals surface area contributed by atoms with Gasteiger partial charge in [-0.3, -0.25) is 4.79 Å². The number of hydrazone groups is 1. The molecule has 0 radical (unpaired) electrons. The Kier molecular flexibility index (Phi) is 4.79. The number of nitrogens with zero attached hydrogens (tertiary/aromatic N) is 2. The highest BCUT2D eigenvalue weighted by Crippen LogP contribution is 2.32. The second kappa shape index (κ2) is 6.59. The van der Waals surface area contributed by atoms with Crippen LogP contribution in [0.1, 0.15) is 21.7 Å². The second-order valence-electron chi connectivity index (χ2n) is 4.29. The molecule has 9 heteroatoms. The molecule has 0 atom stereocenters. The third kappa shape index (κ3) is 3.84. The molecule has 1 aromatic carbocycles. The van der Waals surface area contributed by atoms with Gasteiger partial charge >= 0.3 is 5.69 Å². The number of phenolic OH excluding ortho intramolecular Hbond substituents is 1. The van der Waals surface area contributed by atoms with Crippen molar-refractivity contribution in [2.75, 3.05) is 0 Å². The van der Waals surface area contributed by atoms with Crippen LogP contribution in [0.25, 0.3) is 0 Å². The van der Waals surface area contributed by atoms with Gasteiger partial charge in [-0.05, 0) is 30.7 Å². The van der Waals surface area contributed by atoms with E-state index in [2.05, 4.69) is 20.5 Å². The molecule has 0 saturated carbocycles. The van der Waals surface area contributed by atoms with E-state index in [1.54, 1.807) is 6.92 Å². The topological polar surface area (TPSA) is 107 Å². The molecule has 1 amide bonds. The van der Waals surface area contributed by atoms with Crippen LogP contribution < -0.4 is 11.1 Å². The number of halogens is 2. The number of H-pyrrole nitrogens is 1. The number of rotatable bonds is 3. The lowest BCUT2D eigenvalue weighted by Gasteiger charge is -2.02. The molecule has 0 unspecified atom stereocenters. The molecule has 114 valence electrons. The van der Waals surface area contributed by atoms with Gasteiger partial charge in [0.25, 0.3) is 5.91 Å². The number of hydrogen-bond donors (Lipinski definition) is 3. The highest BCUT2D eigenvalue weighted by atomic mass is 35.5. The van der Waals surface area contributed by atoms with Crippen molar-refractivity contribution in [2.45, 2.75) is 6.92 Å². The van der Waals surface area contributed by atoms with Gasteiger partial charge in [0, 0.05) is 5.69 Å². The van der Waals surface area contributed by atoms with Crippen LogP contribution in [0, 0.1) is 6.92 Å². The van der Waals surface area contributed by atoms with Crippen LogP contribution in [0.2, 0.25) is 10.0 Å². The van der Waals surface area contributed by atoms with E-state index in [0.717, 1.165) is 0 Å². The molecular formula is C13H10Cl2N4O3. The third-order valence-electron chi connectivity index (χ3n) is 2.53. The first-order valence-electron chi connectivity index (χ1n) is 5.96. The summed E-state index contributed by atoms with van der Waals surface area (Å²) in [4.78, 5) is 28.9. The monoisotopic (exact) mass is 340 g/mol. The minimum atomic E-state index is -0.638. The molecule has 2 aromatic rings. The first-order chi connectivity index (χ1) is 10.4. The van der Waals surface area contributed by atoms with Crippen molar-refractivity contribution in [3.63, 3.8) is 0 Å². The largest absolute Gasteiger partial charge is 0.505 e. The summed E-state index contributed by atoms with van der Waals surface area (Å²) in [5.74, 6) is -0.867. The minimum Gasteiger partial charge on any atom is -0.505 e. The standard InChI is InChI=1S/C13H10Cl2N4O3/c1-6-2-10(18-13(22)17-6)12(21)19-16-5-7-3-8(14)11(20)9(15)4-7/h2-5,20H,1H3,(H,19,21)(H,17,18,22)/b16-5+. The van der Waals surface area contributed by atoms with E-state index < -0.39 is 11.6 Å². The van der Waals surface area contributed by atoms with Gasteiger partial charge in [0.15, 0.2) is 5.75 Å². The SMILES string of the molecule is Cc1cc(C(=O)N/N=C/c2cc(Cl)c(O)c(Cl)c2)nc(=O)[nH]1. The van der Waals surface area contributed by atoms with Crippen molar-refractivity contribution in [2.24, 2.45) is 5.10 Å². The smallest absolute Gasteiger partial charge is 0.345 e. The first kappa shape index (κ1) is 16.0. The number of aryl methyl sites for hydroxylation is 1. The number of aromatic nitrogens is 2. The van der Waals surface area contributed by atoms with E-state index in [1.807, 2.05) is 0 Å². The Hall–Kier alpha value is -2.38. The van der Waals surface area contributed by atoms with Crippen molar-refractivity contribution in [3.8, 4) is 5.75 Å². The van der Waals surface area contributed by atoms with Gasteiger partial charge < -0.3 is 10.1 Å². The van der Waals surface area contributed by atoms with Crippen LogP contribution in [-0.2, 0) is 0 Å². The number of hydrogen-bond acceptors (Lipinski definition) is 5. The molecule has 0 aliphatic carbocycles. The zero-order chi connectivity index (χ0) is 16.3. The summed E-state index contributed by atoms with van der Waals surface area (Å²) in [6, 6.07) is 4.27. The van der Waals surface area contributed by atoms with E-state index in [4.69, 9.17) is 23.2 Å². The zero-order valence-corrected chi connectivity index (χ0v) is 12.7. The second-order valence-corrected chi connectivity index (χ2v) is 5.10. The van der Waals surface area contributed by atoms with Crippen LogP contribution in [0.15, 0.2) is 28.1 Å². The molecule has 1 heterocycles. The predicted molar refractivity (Wildman–Crippen MR) is 82.8 cm³/mol. The molecule has 0 aliphatic heterocycles. The highest BCUT2D eigenvalue weighted by Gasteiger charge is 2.08. The molecule has 0 spiro atoms. The molecule has 0 bridgehead atoms. The van der Waals surface area contributed by atoms with Gasteiger partial charge in [0.05, 0.1) is 16.3 Å². The molecule has 22 heavy (non-hydrogen) atoms. The Morgan fingerprint density at radius 1 is 1.36 bits per heavy atom. The van der Waals surface area contributed by atoms with Gasteiger partial charge in [-0.2, -0.15) is 10.1 Å². The number of phenols is 1. The lowest BCUT2D eigenvalue weighted by atomic mass is 10.2. The van der Waals surface area contributed by atoms with Crippen molar-refractivity contribution in [1.29, 1.82) is 0 Å². The summed E-state index contributed by atoms with van der Waals surface area (Å²) in [6.45, 7) is 1.63. The molecule has 2 rings (SSSR count). The van der Waals surface area contributed by atoms with Gasteiger partial charge in [-0.25, -0.2) is 10.2 Å². The molecule has 3 N–H and O–H groups in total. The maximum absolute atomic E-state index is 11.8. The van der Waals surface area contributed by atoms with Crippen LogP contribution in [0.5, 0.6) is 5.75 Å². The normalized spacial score (nSPS) is 10.9. The fourth-order valence-electron chi connectivity index (χ4n) is 1.58. The van der Waals surface area contributed by atoms with Crippen molar-refractivity contribution < 1.29 is 9.90 Å². The maximum Gasteiger partial charge on any atom is 0.345 e. The number of aromatic hydroxyl groups is 1. The Balaban J connectivity index is 2.12. The van der Waals surface area contributed by atoms with E-state index in [1.165, 1.54) is 24.4 Å². The lowest BCUT2D eigenvalue weighted by molar-refractivity contribution is 0.0949. The summed E-state index contributed by atoms with van der Waals surface area (Å²) in [5, 5.41) is 13.3. The fraction of sp³-hybridized carbons (Fsp3) is 0.0769. The summed E-state index contributed by atoms with van der Waals surface area (Å²) in [5.41, 5.74) is 2.53. The number of aromatic amines is 1. The van der Waals surface area contributed by atoms with Crippen molar-refractivity contribution in [1.82, 2.24) is 15.4 Å². The molecule has 1 aromatic heterocycles. The van der Waals surface area contributed by atoms with Gasteiger partial charge in [-0.15, -0.1) is 0 Å². The van der Waals surface area contributed by atoms with E-state index in [-0.39, 0.29) is 21.5 Å². The molecule has 0 saturated heterocycles. The van der Waals surface area contributed by atoms with Crippen molar-refractivity contribution >= 4 is 35.3 Å². The average Bonchev–Trinajstić information content (AvgIpc) is 2.43. The van der Waals surface area contributed by atoms with E-state index in [9.17, 15) is 14.7 Å². The van der Waals surface area contributed by atoms with Crippen LogP contribution in [-0.4, -0.2) is 27.2 Å². The molecule has 0 fully saturated rings. The minimum absolute atomic E-state index is 0.0554. The summed E-state index contributed by atoms with van der Waals surface area (Å²) in [7, 11) is 0. The quantitative estimate of drug-likeness (QED) is 0.585. The predicted octanol–water partition coefficient (Wildman–Crippen LogP) is 1.85. The van der Waals surface area contributed by atoms with Crippen LogP contribution in [0.4, 0.5) is 0 Å². The summed E-state index contributed by atoms with van der Waals surface area (Å²) in [6.07, 6.45) is 1.29. The Morgan fingerprint density at radius 2 is 2.00 bits per heavy atom. The number of benzene rings is 1. The Labute approximate surface area is 134 Å². The highest BCUT2D eigenvalue weighted by molar-refractivity contribution is 6.37. The van der Waals surface area contributed by atoms with Gasteiger partial charge in [0.2, 0.25) is 0 Å². The van der Waals surface area contributed by atoms with Crippen LogP contribution >= 0.6 is 23.2 Å². The lowest BCUT2D eigenvalue weighted by Crippen LogP contribution is -2.24. The number of amides is 1. The van der Waals surface area contributed by atoms with Gasteiger partial charge in [-0.1, -0.05) is 23.2 Å². The molecular weight excluding hydrogens is 331 g/mol. The average molecular weight is 341 g/mol. The fourth-order valence-corrected chi connectivity index (χ4v) is 2.08. The number of carbonyl (C=O) groups excluding carboxylic acids is 1. The third-order valence-corrected chi connectivity index (χ3v) is 3.11. The van der Waals surface area contributed by atoms with Crippen LogP contribution in [0.3, 0.4) is 0 Å². The Morgan fingerprint density at radius 3 is 2.59 bits per heavy atom. The molecule has 7 nitrogen and oxygen atoms in total. The number of nitrogens with one attached hydrogen (secondary N) is 2. The van der Waals surface area contributed by atoms with Gasteiger partial charge in [0.1, 0.15) is 5.69 Å². The Bertz CT molecular complexity index is 794. The summed E-state index contributed by atoms with van der Waals surface area (Å²) >= 11 is 11.5. The maximum atomic E-state index is 11.8. The zero-order valence-electron chi connectivity index (χ0n) is 11.2. The molecule has 0 aliphatic rings. The van der Waals surface area contributed by atoms with E-state index >= 15 is 0 Å². The number of carbonyl (C=O) groups is 1. The first-order valence-corrected chi connectivity index (χ1v) is 6.72. The summed E-state index contributed by atoms with van der Waals surface area (Å²) < 4.78 is 0. The van der Waals surface area contributed by atoms with E-state index in [0.29, 0.717) is 11.3 Å².